The maximum absolute atomic E-state index is 13.1. The summed E-state index contributed by atoms with van der Waals surface area (Å²) in [5.41, 5.74) is 16.6. The summed E-state index contributed by atoms with van der Waals surface area (Å²) < 4.78 is 0. The number of benzene rings is 1. The number of aliphatic carboxylic acids is 2. The minimum Gasteiger partial charge on any atom is -0.508 e. The van der Waals surface area contributed by atoms with Gasteiger partial charge in [0, 0.05) is 13.0 Å². The van der Waals surface area contributed by atoms with E-state index < -0.39 is 60.2 Å². The van der Waals surface area contributed by atoms with Gasteiger partial charge in [0.05, 0.1) is 12.5 Å². The molecule has 0 heterocycles. The number of guanidine groups is 1. The van der Waals surface area contributed by atoms with Crippen LogP contribution in [0.1, 0.15) is 31.7 Å². The number of carboxylic acids is 2. The van der Waals surface area contributed by atoms with Crippen molar-refractivity contribution in [1.29, 1.82) is 0 Å². The third kappa shape index (κ3) is 11.7. The predicted octanol–water partition coefficient (Wildman–Crippen LogP) is -2.65. The first-order chi connectivity index (χ1) is 17.3. The van der Waals surface area contributed by atoms with E-state index in [2.05, 4.69) is 20.9 Å². The second-order valence-corrected chi connectivity index (χ2v) is 8.23. The molecule has 1 rings (SSSR count). The van der Waals surface area contributed by atoms with E-state index in [1.807, 2.05) is 0 Å². The topological polar surface area (TPSA) is 273 Å². The SMILES string of the molecule is C[C@H](N)C(=O)N[C@@H](CCCN=C(N)N)C(=O)N[C@@H](Cc1ccc(O)cc1)C(=O)N[C@@H](CC(=O)O)C(=O)O. The highest BCUT2D eigenvalue weighted by Crippen LogP contribution is 2.12. The molecule has 4 atom stereocenters. The third-order valence-corrected chi connectivity index (χ3v) is 4.99. The van der Waals surface area contributed by atoms with Gasteiger partial charge in [-0.05, 0) is 37.5 Å². The lowest BCUT2D eigenvalue weighted by molar-refractivity contribution is -0.147. The zero-order valence-electron chi connectivity index (χ0n) is 20.2. The van der Waals surface area contributed by atoms with Crippen molar-refractivity contribution in [3.05, 3.63) is 29.8 Å². The average Bonchev–Trinajstić information content (AvgIpc) is 2.80. The van der Waals surface area contributed by atoms with Crippen LogP contribution in [-0.2, 0) is 30.4 Å². The van der Waals surface area contributed by atoms with Gasteiger partial charge in [0.2, 0.25) is 17.7 Å². The number of rotatable bonds is 15. The molecule has 0 saturated carbocycles. The number of carbonyl (C=O) groups is 5. The Morgan fingerprint density at radius 2 is 1.43 bits per heavy atom. The van der Waals surface area contributed by atoms with E-state index in [1.165, 1.54) is 31.2 Å². The number of hydrogen-bond acceptors (Lipinski definition) is 8. The van der Waals surface area contributed by atoms with Crippen LogP contribution in [-0.4, -0.2) is 81.7 Å². The Morgan fingerprint density at radius 1 is 0.892 bits per heavy atom. The van der Waals surface area contributed by atoms with Crippen LogP contribution >= 0.6 is 0 Å². The molecular formula is C22H33N7O8. The Morgan fingerprint density at radius 3 is 1.95 bits per heavy atom. The largest absolute Gasteiger partial charge is 0.508 e. The Hall–Kier alpha value is -4.40. The highest BCUT2D eigenvalue weighted by Gasteiger charge is 2.31. The molecule has 0 aromatic heterocycles. The maximum atomic E-state index is 13.1. The van der Waals surface area contributed by atoms with Gasteiger partial charge in [0.15, 0.2) is 5.96 Å². The number of hydrogen-bond donors (Lipinski definition) is 9. The molecule has 15 heteroatoms. The molecule has 0 unspecified atom stereocenters. The first-order valence-electron chi connectivity index (χ1n) is 11.2. The van der Waals surface area contributed by atoms with Gasteiger partial charge in [-0.3, -0.25) is 24.2 Å². The lowest BCUT2D eigenvalue weighted by Crippen LogP contribution is -2.57. The normalized spacial score (nSPS) is 13.8. The number of aliphatic imine (C=N–C) groups is 1. The molecule has 0 bridgehead atoms. The third-order valence-electron chi connectivity index (χ3n) is 4.99. The quantitative estimate of drug-likeness (QED) is 0.0650. The number of phenols is 1. The lowest BCUT2D eigenvalue weighted by atomic mass is 10.0. The Balaban J connectivity index is 3.16. The molecule has 3 amide bonds. The predicted molar refractivity (Wildman–Crippen MR) is 131 cm³/mol. The van der Waals surface area contributed by atoms with Gasteiger partial charge in [0.1, 0.15) is 23.9 Å². The molecule has 0 fully saturated rings. The molecule has 0 spiro atoms. The molecule has 12 N–H and O–H groups in total. The van der Waals surface area contributed by atoms with Crippen molar-refractivity contribution >= 4 is 35.6 Å². The summed E-state index contributed by atoms with van der Waals surface area (Å²) in [5.74, 6) is -5.59. The van der Waals surface area contributed by atoms with Gasteiger partial charge >= 0.3 is 11.9 Å². The average molecular weight is 524 g/mol. The number of nitrogens with two attached hydrogens (primary N) is 3. The van der Waals surface area contributed by atoms with Gasteiger partial charge in [-0.1, -0.05) is 12.1 Å². The fourth-order valence-electron chi connectivity index (χ4n) is 3.07. The van der Waals surface area contributed by atoms with Crippen LogP contribution in [0.3, 0.4) is 0 Å². The number of nitrogens with zero attached hydrogens (tertiary/aromatic N) is 1. The van der Waals surface area contributed by atoms with Crippen LogP contribution in [0.5, 0.6) is 5.75 Å². The molecule has 15 nitrogen and oxygen atoms in total. The molecule has 0 aliphatic carbocycles. The zero-order chi connectivity index (χ0) is 28.1. The smallest absolute Gasteiger partial charge is 0.326 e. The van der Waals surface area contributed by atoms with Crippen LogP contribution in [0, 0.1) is 0 Å². The van der Waals surface area contributed by atoms with E-state index in [4.69, 9.17) is 22.3 Å². The van der Waals surface area contributed by atoms with Gasteiger partial charge < -0.3 is 48.5 Å². The number of nitrogens with one attached hydrogen (secondary N) is 3. The van der Waals surface area contributed by atoms with Crippen molar-refractivity contribution in [2.24, 2.45) is 22.2 Å². The van der Waals surface area contributed by atoms with Crippen molar-refractivity contribution < 1.29 is 39.3 Å². The monoisotopic (exact) mass is 523 g/mol. The van der Waals surface area contributed by atoms with E-state index in [1.54, 1.807) is 0 Å². The van der Waals surface area contributed by atoms with E-state index >= 15 is 0 Å². The summed E-state index contributed by atoms with van der Waals surface area (Å²) in [6.45, 7) is 1.58. The molecular weight excluding hydrogens is 490 g/mol. The summed E-state index contributed by atoms with van der Waals surface area (Å²) in [7, 11) is 0. The van der Waals surface area contributed by atoms with Crippen molar-refractivity contribution in [3.63, 3.8) is 0 Å². The van der Waals surface area contributed by atoms with Crippen molar-refractivity contribution in [2.75, 3.05) is 6.54 Å². The minimum atomic E-state index is -1.75. The number of carboxylic acid groups (broad SMARTS) is 2. The first-order valence-corrected chi connectivity index (χ1v) is 11.2. The summed E-state index contributed by atoms with van der Waals surface area (Å²) in [4.78, 5) is 64.4. The van der Waals surface area contributed by atoms with Crippen LogP contribution in [0.4, 0.5) is 0 Å². The molecule has 1 aromatic carbocycles. The van der Waals surface area contributed by atoms with Gasteiger partial charge in [-0.25, -0.2) is 4.79 Å². The van der Waals surface area contributed by atoms with E-state index in [0.717, 1.165) is 0 Å². The highest BCUT2D eigenvalue weighted by molar-refractivity contribution is 5.94. The zero-order valence-corrected chi connectivity index (χ0v) is 20.2. The molecule has 1 aromatic rings. The van der Waals surface area contributed by atoms with E-state index in [9.17, 15) is 34.2 Å². The molecule has 0 radical (unpaired) electrons. The van der Waals surface area contributed by atoms with Crippen molar-refractivity contribution in [1.82, 2.24) is 16.0 Å². The number of carbonyl (C=O) groups excluding carboxylic acids is 3. The van der Waals surface area contributed by atoms with E-state index in [-0.39, 0.29) is 37.5 Å². The Kier molecular flexibility index (Phi) is 12.3. The van der Waals surface area contributed by atoms with E-state index in [0.29, 0.717) is 5.56 Å². The molecule has 0 aliphatic heterocycles. The van der Waals surface area contributed by atoms with Gasteiger partial charge in [-0.2, -0.15) is 0 Å². The number of amides is 3. The summed E-state index contributed by atoms with van der Waals surface area (Å²) in [6.07, 6.45) is -0.673. The minimum absolute atomic E-state index is 0.0411. The second-order valence-electron chi connectivity index (χ2n) is 8.23. The number of phenolic OH excluding ortho intramolecular Hbond substituents is 1. The van der Waals surface area contributed by atoms with Gasteiger partial charge in [-0.15, -0.1) is 0 Å². The fraction of sp³-hybridized carbons (Fsp3) is 0.455. The lowest BCUT2D eigenvalue weighted by Gasteiger charge is -2.25. The summed E-state index contributed by atoms with van der Waals surface area (Å²) in [6, 6.07) is 0.486. The highest BCUT2D eigenvalue weighted by atomic mass is 16.4. The Bertz CT molecular complexity index is 993. The maximum Gasteiger partial charge on any atom is 0.326 e. The number of aromatic hydroxyl groups is 1. The summed E-state index contributed by atoms with van der Waals surface area (Å²) >= 11 is 0. The fourth-order valence-corrected chi connectivity index (χ4v) is 3.07. The molecule has 0 aliphatic rings. The standard InChI is InChI=1S/C22H33N7O8/c1-11(23)18(33)27-14(3-2-8-26-22(24)25)19(34)28-15(9-12-4-6-13(30)7-5-12)20(35)29-16(21(36)37)10-17(31)32/h4-7,11,14-16,30H,2-3,8-10,23H2,1H3,(H,27,33)(H,28,34)(H,29,35)(H,31,32)(H,36,37)(H4,24,25,26)/t11-,14-,15-,16-/m0/s1. The van der Waals surface area contributed by atoms with Gasteiger partial charge in [0.25, 0.3) is 0 Å². The second kappa shape index (κ2) is 14.9. The van der Waals surface area contributed by atoms with Crippen LogP contribution in [0.25, 0.3) is 0 Å². The Labute approximate surface area is 212 Å². The molecule has 0 saturated heterocycles. The molecule has 204 valence electrons. The van der Waals surface area contributed by atoms with Crippen molar-refractivity contribution in [3.8, 4) is 5.75 Å². The van der Waals surface area contributed by atoms with Crippen LogP contribution < -0.4 is 33.2 Å². The molecule has 37 heavy (non-hydrogen) atoms. The van der Waals surface area contributed by atoms with Crippen LogP contribution in [0.2, 0.25) is 0 Å². The van der Waals surface area contributed by atoms with Crippen molar-refractivity contribution in [2.45, 2.75) is 56.8 Å². The van der Waals surface area contributed by atoms with Crippen LogP contribution in [0.15, 0.2) is 29.3 Å². The first kappa shape index (κ1) is 30.6. The summed E-state index contributed by atoms with van der Waals surface area (Å²) in [5, 5.41) is 34.8.